The van der Waals surface area contributed by atoms with Crippen molar-refractivity contribution >= 4 is 50.7 Å². The molecule has 0 aliphatic rings. The molecule has 8 heteroatoms. The quantitative estimate of drug-likeness (QED) is 0.779. The molecule has 0 fully saturated rings. The number of anilines is 1. The standard InChI is InChI=1S/C11H16Cl2N2O2S2/c1-7(3-4-18-2)15-19(16,17)11-9(12)5-8(14)6-10(11)13/h5-7,15H,3-4,14H2,1-2H3. The van der Waals surface area contributed by atoms with Gasteiger partial charge in [-0.05, 0) is 37.5 Å². The van der Waals surface area contributed by atoms with Gasteiger partial charge in [-0.2, -0.15) is 11.8 Å². The summed E-state index contributed by atoms with van der Waals surface area (Å²) in [4.78, 5) is -0.124. The number of thioether (sulfide) groups is 1. The van der Waals surface area contributed by atoms with Gasteiger partial charge in [-0.3, -0.25) is 0 Å². The highest BCUT2D eigenvalue weighted by Crippen LogP contribution is 2.31. The maximum atomic E-state index is 12.2. The van der Waals surface area contributed by atoms with Crippen LogP contribution in [0.15, 0.2) is 17.0 Å². The van der Waals surface area contributed by atoms with E-state index in [1.165, 1.54) is 12.1 Å². The zero-order valence-electron chi connectivity index (χ0n) is 10.6. The minimum Gasteiger partial charge on any atom is -0.399 e. The van der Waals surface area contributed by atoms with Gasteiger partial charge in [-0.1, -0.05) is 23.2 Å². The van der Waals surface area contributed by atoms with E-state index in [0.717, 1.165) is 12.2 Å². The lowest BCUT2D eigenvalue weighted by molar-refractivity contribution is 0.557. The third kappa shape index (κ3) is 4.72. The largest absolute Gasteiger partial charge is 0.399 e. The van der Waals surface area contributed by atoms with Gasteiger partial charge in [0, 0.05) is 11.7 Å². The van der Waals surface area contributed by atoms with Crippen molar-refractivity contribution in [3.8, 4) is 0 Å². The topological polar surface area (TPSA) is 72.2 Å². The Hall–Kier alpha value is -0.140. The molecule has 1 unspecified atom stereocenters. The summed E-state index contributed by atoms with van der Waals surface area (Å²) < 4.78 is 27.0. The zero-order chi connectivity index (χ0) is 14.6. The summed E-state index contributed by atoms with van der Waals surface area (Å²) in [6.07, 6.45) is 2.69. The van der Waals surface area contributed by atoms with E-state index in [2.05, 4.69) is 4.72 Å². The summed E-state index contributed by atoms with van der Waals surface area (Å²) in [6, 6.07) is 2.55. The molecule has 0 amide bonds. The SMILES string of the molecule is CSCCC(C)NS(=O)(=O)c1c(Cl)cc(N)cc1Cl. The van der Waals surface area contributed by atoms with Gasteiger partial charge in [-0.25, -0.2) is 13.1 Å². The fourth-order valence-electron chi connectivity index (χ4n) is 1.51. The minimum absolute atomic E-state index is 0.0227. The van der Waals surface area contributed by atoms with Gasteiger partial charge in [0.25, 0.3) is 0 Å². The Balaban J connectivity index is 3.01. The van der Waals surface area contributed by atoms with E-state index < -0.39 is 10.0 Å². The maximum absolute atomic E-state index is 12.2. The number of nitrogen functional groups attached to an aromatic ring is 1. The van der Waals surface area contributed by atoms with Crippen LogP contribution in [-0.2, 0) is 10.0 Å². The molecular weight excluding hydrogens is 327 g/mol. The normalized spacial score (nSPS) is 13.5. The summed E-state index contributed by atoms with van der Waals surface area (Å²) in [6.45, 7) is 1.80. The maximum Gasteiger partial charge on any atom is 0.243 e. The molecule has 0 aromatic heterocycles. The molecule has 4 nitrogen and oxygen atoms in total. The second-order valence-corrected chi connectivity index (χ2v) is 7.57. The second kappa shape index (κ2) is 7.04. The Morgan fingerprint density at radius 2 is 1.89 bits per heavy atom. The van der Waals surface area contributed by atoms with Crippen molar-refractivity contribution in [2.45, 2.75) is 24.3 Å². The zero-order valence-corrected chi connectivity index (χ0v) is 13.8. The molecule has 0 saturated carbocycles. The summed E-state index contributed by atoms with van der Waals surface area (Å²) in [5, 5.41) is 0.0455. The molecular formula is C11H16Cl2N2O2S2. The number of sulfonamides is 1. The van der Waals surface area contributed by atoms with Crippen molar-refractivity contribution in [1.29, 1.82) is 0 Å². The minimum atomic E-state index is -3.75. The molecule has 0 spiro atoms. The smallest absolute Gasteiger partial charge is 0.243 e. The molecule has 1 rings (SSSR count). The van der Waals surface area contributed by atoms with E-state index in [0.29, 0.717) is 5.69 Å². The highest BCUT2D eigenvalue weighted by molar-refractivity contribution is 7.98. The Bertz CT molecular complexity index is 527. The molecule has 0 radical (unpaired) electrons. The number of halogens is 2. The predicted molar refractivity (Wildman–Crippen MR) is 83.7 cm³/mol. The fraction of sp³-hybridized carbons (Fsp3) is 0.455. The van der Waals surface area contributed by atoms with Crippen molar-refractivity contribution in [3.05, 3.63) is 22.2 Å². The molecule has 19 heavy (non-hydrogen) atoms. The van der Waals surface area contributed by atoms with Crippen LogP contribution in [-0.4, -0.2) is 26.5 Å². The van der Waals surface area contributed by atoms with E-state index >= 15 is 0 Å². The molecule has 0 saturated heterocycles. The molecule has 1 atom stereocenters. The van der Waals surface area contributed by atoms with Crippen LogP contribution in [0.2, 0.25) is 10.0 Å². The summed E-state index contributed by atoms with van der Waals surface area (Å²) in [5.41, 5.74) is 5.88. The van der Waals surface area contributed by atoms with Gasteiger partial charge in [0.2, 0.25) is 10.0 Å². The predicted octanol–water partition coefficient (Wildman–Crippen LogP) is 3.00. The highest BCUT2D eigenvalue weighted by Gasteiger charge is 2.23. The van der Waals surface area contributed by atoms with E-state index in [1.807, 2.05) is 6.26 Å². The van der Waals surface area contributed by atoms with Crippen molar-refractivity contribution in [2.24, 2.45) is 0 Å². The van der Waals surface area contributed by atoms with Crippen LogP contribution in [0.1, 0.15) is 13.3 Å². The van der Waals surface area contributed by atoms with Gasteiger partial charge in [0.1, 0.15) is 4.90 Å². The molecule has 1 aromatic carbocycles. The molecule has 0 bridgehead atoms. The van der Waals surface area contributed by atoms with Crippen molar-refractivity contribution in [2.75, 3.05) is 17.7 Å². The van der Waals surface area contributed by atoms with Crippen molar-refractivity contribution in [1.82, 2.24) is 4.72 Å². The van der Waals surface area contributed by atoms with Gasteiger partial charge in [-0.15, -0.1) is 0 Å². The fourth-order valence-corrected chi connectivity index (χ4v) is 4.61. The molecule has 3 N–H and O–H groups in total. The molecule has 0 aliphatic heterocycles. The van der Waals surface area contributed by atoms with E-state index in [9.17, 15) is 8.42 Å². The molecule has 0 heterocycles. The van der Waals surface area contributed by atoms with Gasteiger partial charge in [0.05, 0.1) is 10.0 Å². The third-order valence-electron chi connectivity index (χ3n) is 2.40. The summed E-state index contributed by atoms with van der Waals surface area (Å²) in [7, 11) is -3.75. The number of nitrogens with two attached hydrogens (primary N) is 1. The van der Waals surface area contributed by atoms with E-state index in [1.54, 1.807) is 18.7 Å². The average Bonchev–Trinajstić information content (AvgIpc) is 2.23. The van der Waals surface area contributed by atoms with Gasteiger partial charge in [0.15, 0.2) is 0 Å². The van der Waals surface area contributed by atoms with Crippen LogP contribution in [0.4, 0.5) is 5.69 Å². The van der Waals surface area contributed by atoms with E-state index in [-0.39, 0.29) is 21.0 Å². The van der Waals surface area contributed by atoms with Crippen molar-refractivity contribution < 1.29 is 8.42 Å². The van der Waals surface area contributed by atoms with Gasteiger partial charge < -0.3 is 5.73 Å². The first-order chi connectivity index (χ1) is 8.77. The van der Waals surface area contributed by atoms with Crippen LogP contribution < -0.4 is 10.5 Å². The lowest BCUT2D eigenvalue weighted by Crippen LogP contribution is -2.33. The lowest BCUT2D eigenvalue weighted by Gasteiger charge is -2.15. The Morgan fingerprint density at radius 1 is 1.37 bits per heavy atom. The monoisotopic (exact) mass is 342 g/mol. The summed E-state index contributed by atoms with van der Waals surface area (Å²) in [5.74, 6) is 0.868. The number of nitrogens with one attached hydrogen (secondary N) is 1. The first kappa shape index (κ1) is 16.9. The lowest BCUT2D eigenvalue weighted by atomic mass is 10.3. The second-order valence-electron chi connectivity index (χ2n) is 4.12. The third-order valence-corrected chi connectivity index (χ3v) is 5.55. The van der Waals surface area contributed by atoms with Gasteiger partial charge >= 0.3 is 0 Å². The number of hydrogen-bond donors (Lipinski definition) is 2. The first-order valence-corrected chi connectivity index (χ1v) is 9.17. The number of benzene rings is 1. The van der Waals surface area contributed by atoms with Crippen LogP contribution >= 0.6 is 35.0 Å². The Kier molecular flexibility index (Phi) is 6.26. The van der Waals surface area contributed by atoms with Crippen molar-refractivity contribution in [3.63, 3.8) is 0 Å². The highest BCUT2D eigenvalue weighted by atomic mass is 35.5. The van der Waals surface area contributed by atoms with Crippen LogP contribution in [0, 0.1) is 0 Å². The first-order valence-electron chi connectivity index (χ1n) is 5.53. The molecule has 0 aliphatic carbocycles. The molecule has 108 valence electrons. The Morgan fingerprint density at radius 3 is 2.37 bits per heavy atom. The van der Waals surface area contributed by atoms with Crippen LogP contribution in [0.5, 0.6) is 0 Å². The van der Waals surface area contributed by atoms with E-state index in [4.69, 9.17) is 28.9 Å². The van der Waals surface area contributed by atoms with Crippen LogP contribution in [0.3, 0.4) is 0 Å². The Labute approximate surface area is 128 Å². The van der Waals surface area contributed by atoms with Crippen LogP contribution in [0.25, 0.3) is 0 Å². The summed E-state index contributed by atoms with van der Waals surface area (Å²) >= 11 is 13.5. The number of rotatable bonds is 6. The number of hydrogen-bond acceptors (Lipinski definition) is 4. The average molecular weight is 343 g/mol. The molecule has 1 aromatic rings.